The molecule has 0 spiro atoms. The van der Waals surface area contributed by atoms with Gasteiger partial charge in [0.2, 0.25) is 0 Å². The Morgan fingerprint density at radius 1 is 1.24 bits per heavy atom. The number of aryl methyl sites for hydroxylation is 1. The molecule has 0 saturated heterocycles. The van der Waals surface area contributed by atoms with Gasteiger partial charge in [-0.3, -0.25) is 4.79 Å². The van der Waals surface area contributed by atoms with Crippen LogP contribution in [0.5, 0.6) is 0 Å². The van der Waals surface area contributed by atoms with Crippen LogP contribution in [0.15, 0.2) is 46.2 Å². The van der Waals surface area contributed by atoms with Crippen molar-refractivity contribution >= 4 is 29.3 Å². The van der Waals surface area contributed by atoms with Crippen LogP contribution in [0.1, 0.15) is 33.2 Å². The summed E-state index contributed by atoms with van der Waals surface area (Å²) in [4.78, 5) is 25.3. The van der Waals surface area contributed by atoms with Crippen molar-refractivity contribution in [2.45, 2.75) is 23.1 Å². The first-order chi connectivity index (χ1) is 10.1. The molecule has 106 valence electrons. The Bertz CT molecular complexity index is 755. The lowest BCUT2D eigenvalue weighted by atomic mass is 10.0. The van der Waals surface area contributed by atoms with Crippen molar-refractivity contribution in [3.8, 4) is 0 Å². The van der Waals surface area contributed by atoms with E-state index < -0.39 is 5.97 Å². The summed E-state index contributed by atoms with van der Waals surface area (Å²) in [5.41, 5.74) is 2.16. The maximum absolute atomic E-state index is 12.2. The number of carbonyl (C=O) groups is 2. The molecule has 0 saturated carbocycles. The predicted octanol–water partition coefficient (Wildman–Crippen LogP) is 3.66. The van der Waals surface area contributed by atoms with Gasteiger partial charge in [0.1, 0.15) is 0 Å². The summed E-state index contributed by atoms with van der Waals surface area (Å²) in [5.74, 6) is -1.19. The summed E-state index contributed by atoms with van der Waals surface area (Å²) in [5, 5.41) is 12.1. The maximum atomic E-state index is 12.2. The molecule has 21 heavy (non-hydrogen) atoms. The van der Waals surface area contributed by atoms with Crippen molar-refractivity contribution in [3.05, 3.63) is 53.1 Å². The molecule has 2 aromatic carbocycles. The Kier molecular flexibility index (Phi) is 3.43. The Balaban J connectivity index is 2.17. The molecule has 3 rings (SSSR count). The zero-order valence-corrected chi connectivity index (χ0v) is 12.2. The van der Waals surface area contributed by atoms with Gasteiger partial charge in [-0.25, -0.2) is 4.79 Å². The van der Waals surface area contributed by atoms with E-state index in [0.29, 0.717) is 17.7 Å². The third-order valence-corrected chi connectivity index (χ3v) is 4.55. The van der Waals surface area contributed by atoms with Crippen LogP contribution in [0.4, 0.5) is 5.69 Å². The molecule has 1 aliphatic heterocycles. The fourth-order valence-electron chi connectivity index (χ4n) is 2.35. The van der Waals surface area contributed by atoms with Gasteiger partial charge in [0.05, 0.1) is 16.8 Å². The van der Waals surface area contributed by atoms with E-state index >= 15 is 0 Å². The summed E-state index contributed by atoms with van der Waals surface area (Å²) < 4.78 is 0. The van der Waals surface area contributed by atoms with Gasteiger partial charge in [-0.15, -0.1) is 0 Å². The number of amides is 1. The van der Waals surface area contributed by atoms with Crippen molar-refractivity contribution in [3.63, 3.8) is 0 Å². The van der Waals surface area contributed by atoms with Crippen molar-refractivity contribution in [1.82, 2.24) is 0 Å². The minimum atomic E-state index is -0.976. The first-order valence-electron chi connectivity index (χ1n) is 6.58. The Morgan fingerprint density at radius 2 is 2.00 bits per heavy atom. The van der Waals surface area contributed by atoms with E-state index in [1.54, 1.807) is 12.1 Å². The Hall–Kier alpha value is -2.27. The third kappa shape index (κ3) is 2.40. The minimum absolute atomic E-state index is 0.211. The Morgan fingerprint density at radius 3 is 2.71 bits per heavy atom. The molecule has 0 unspecified atom stereocenters. The minimum Gasteiger partial charge on any atom is -0.478 e. The molecule has 1 amide bonds. The van der Waals surface area contributed by atoms with Gasteiger partial charge in [-0.05, 0) is 36.2 Å². The van der Waals surface area contributed by atoms with E-state index in [0.717, 1.165) is 15.4 Å². The summed E-state index contributed by atoms with van der Waals surface area (Å²) in [6.45, 7) is 1.92. The van der Waals surface area contributed by atoms with Crippen molar-refractivity contribution in [1.29, 1.82) is 0 Å². The largest absolute Gasteiger partial charge is 0.478 e. The fourth-order valence-corrected chi connectivity index (χ4v) is 3.42. The number of aromatic carboxylic acids is 1. The number of carbonyl (C=O) groups excluding carboxylic acids is 1. The van der Waals surface area contributed by atoms with Gasteiger partial charge < -0.3 is 10.4 Å². The normalized spacial score (nSPS) is 12.9. The number of carboxylic acid groups (broad SMARTS) is 1. The van der Waals surface area contributed by atoms with E-state index in [1.807, 2.05) is 31.2 Å². The molecule has 0 atom stereocenters. The molecule has 5 heteroatoms. The first-order valence-corrected chi connectivity index (χ1v) is 7.40. The molecule has 2 aromatic rings. The number of carboxylic acids is 1. The molecule has 0 radical (unpaired) electrons. The molecule has 1 heterocycles. The highest BCUT2D eigenvalue weighted by atomic mass is 32.2. The topological polar surface area (TPSA) is 66.4 Å². The number of nitrogens with one attached hydrogen (secondary N) is 1. The monoisotopic (exact) mass is 299 g/mol. The number of hydrogen-bond donors (Lipinski definition) is 2. The molecular weight excluding hydrogens is 286 g/mol. The van der Waals surface area contributed by atoms with Crippen LogP contribution in [0.2, 0.25) is 0 Å². The Labute approximate surface area is 126 Å². The van der Waals surface area contributed by atoms with Gasteiger partial charge >= 0.3 is 5.97 Å². The fraction of sp³-hybridized carbons (Fsp3) is 0.125. The number of benzene rings is 2. The second-order valence-electron chi connectivity index (χ2n) is 4.72. The average Bonchev–Trinajstić information content (AvgIpc) is 2.61. The second-order valence-corrected chi connectivity index (χ2v) is 5.80. The second kappa shape index (κ2) is 5.26. The van der Waals surface area contributed by atoms with Crippen LogP contribution in [0.3, 0.4) is 0 Å². The highest BCUT2D eigenvalue weighted by Crippen LogP contribution is 2.40. The summed E-state index contributed by atoms with van der Waals surface area (Å²) in [6, 6.07) is 10.8. The summed E-state index contributed by atoms with van der Waals surface area (Å²) in [6.07, 6.45) is 0.630. The summed E-state index contributed by atoms with van der Waals surface area (Å²) >= 11 is 1.48. The van der Waals surface area contributed by atoms with Gasteiger partial charge in [-0.1, -0.05) is 30.8 Å². The molecule has 1 aliphatic rings. The summed E-state index contributed by atoms with van der Waals surface area (Å²) in [7, 11) is 0. The number of fused-ring (bicyclic) bond motifs is 2. The lowest BCUT2D eigenvalue weighted by molar-refractivity contribution is 0.0695. The lowest BCUT2D eigenvalue weighted by Gasteiger charge is -2.11. The molecule has 0 fully saturated rings. The number of anilines is 1. The van der Waals surface area contributed by atoms with E-state index in [1.165, 1.54) is 11.8 Å². The molecule has 2 N–H and O–H groups in total. The van der Waals surface area contributed by atoms with E-state index in [-0.39, 0.29) is 11.5 Å². The first kappa shape index (κ1) is 13.7. The molecule has 0 aromatic heterocycles. The zero-order chi connectivity index (χ0) is 15.0. The van der Waals surface area contributed by atoms with Crippen LogP contribution in [-0.4, -0.2) is 17.0 Å². The maximum Gasteiger partial charge on any atom is 0.336 e. The van der Waals surface area contributed by atoms with Gasteiger partial charge in [0.15, 0.2) is 0 Å². The van der Waals surface area contributed by atoms with E-state index in [9.17, 15) is 14.7 Å². The van der Waals surface area contributed by atoms with Gasteiger partial charge in [0.25, 0.3) is 5.91 Å². The molecule has 4 nitrogen and oxygen atoms in total. The highest BCUT2D eigenvalue weighted by molar-refractivity contribution is 7.99. The van der Waals surface area contributed by atoms with Crippen LogP contribution in [0, 0.1) is 0 Å². The van der Waals surface area contributed by atoms with E-state index in [2.05, 4.69) is 5.32 Å². The highest BCUT2D eigenvalue weighted by Gasteiger charge is 2.22. The van der Waals surface area contributed by atoms with Crippen molar-refractivity contribution in [2.24, 2.45) is 0 Å². The smallest absolute Gasteiger partial charge is 0.336 e. The quantitative estimate of drug-likeness (QED) is 0.888. The van der Waals surface area contributed by atoms with Crippen LogP contribution < -0.4 is 5.32 Å². The number of hydrogen-bond acceptors (Lipinski definition) is 3. The van der Waals surface area contributed by atoms with Crippen LogP contribution >= 0.6 is 11.8 Å². The van der Waals surface area contributed by atoms with Crippen molar-refractivity contribution < 1.29 is 14.7 Å². The predicted molar refractivity (Wildman–Crippen MR) is 81.3 cm³/mol. The van der Waals surface area contributed by atoms with Gasteiger partial charge in [-0.2, -0.15) is 0 Å². The standard InChI is InChI=1S/C16H13NO3S/c1-2-9-7-14-12(8-11(9)16(19)20)17-15(18)10-5-3-4-6-13(10)21-14/h3-8H,2H2,1H3,(H,17,18)(H,19,20). The molecule has 0 bridgehead atoms. The van der Waals surface area contributed by atoms with Crippen molar-refractivity contribution in [2.75, 3.05) is 5.32 Å². The lowest BCUT2D eigenvalue weighted by Crippen LogP contribution is -2.12. The van der Waals surface area contributed by atoms with E-state index in [4.69, 9.17) is 0 Å². The molecular formula is C16H13NO3S. The average molecular weight is 299 g/mol. The van der Waals surface area contributed by atoms with Gasteiger partial charge in [0, 0.05) is 9.79 Å². The zero-order valence-electron chi connectivity index (χ0n) is 11.3. The van der Waals surface area contributed by atoms with Crippen LogP contribution in [-0.2, 0) is 6.42 Å². The number of rotatable bonds is 2. The SMILES string of the molecule is CCc1cc2c(cc1C(=O)O)NC(=O)c1ccccc1S2. The third-order valence-electron chi connectivity index (χ3n) is 3.42. The van der Waals surface area contributed by atoms with Crippen LogP contribution in [0.25, 0.3) is 0 Å². The molecule has 0 aliphatic carbocycles.